The number of nitrogens with two attached hydrogens (primary N) is 1. The first-order valence-electron chi connectivity index (χ1n) is 5.10. The molecule has 0 unspecified atom stereocenters. The topological polar surface area (TPSA) is 49.5 Å². The molecule has 1 rings (SSSR count). The quantitative estimate of drug-likeness (QED) is 0.760. The number of aliphatic hydroxyl groups is 1. The molecule has 0 aliphatic carbocycles. The summed E-state index contributed by atoms with van der Waals surface area (Å²) < 4.78 is 0. The number of anilines is 2. The van der Waals surface area contributed by atoms with Crippen molar-refractivity contribution in [1.29, 1.82) is 0 Å². The molecule has 0 fully saturated rings. The van der Waals surface area contributed by atoms with Crippen LogP contribution in [0.5, 0.6) is 0 Å². The fourth-order valence-electron chi connectivity index (χ4n) is 1.51. The molecule has 0 aliphatic heterocycles. The second-order valence-electron chi connectivity index (χ2n) is 3.33. The van der Waals surface area contributed by atoms with Crippen molar-refractivity contribution in [1.82, 2.24) is 0 Å². The summed E-state index contributed by atoms with van der Waals surface area (Å²) in [5.41, 5.74) is 7.45. The maximum atomic E-state index is 8.80. The Labute approximate surface area is 95.5 Å². The summed E-state index contributed by atoms with van der Waals surface area (Å²) in [5.74, 6) is 0. The van der Waals surface area contributed by atoms with E-state index in [4.69, 9.17) is 22.4 Å². The second kappa shape index (κ2) is 5.83. The van der Waals surface area contributed by atoms with Crippen LogP contribution in [-0.4, -0.2) is 24.8 Å². The maximum absolute atomic E-state index is 8.80. The number of para-hydroxylation sites is 1. The van der Waals surface area contributed by atoms with Crippen LogP contribution in [-0.2, 0) is 0 Å². The van der Waals surface area contributed by atoms with E-state index in [9.17, 15) is 0 Å². The average Bonchev–Trinajstić information content (AvgIpc) is 2.25. The molecule has 84 valence electrons. The summed E-state index contributed by atoms with van der Waals surface area (Å²) in [6, 6.07) is 5.61. The van der Waals surface area contributed by atoms with Crippen LogP contribution in [0.25, 0.3) is 0 Å². The van der Waals surface area contributed by atoms with Crippen molar-refractivity contribution in [3.8, 4) is 0 Å². The molecule has 1 aromatic carbocycles. The van der Waals surface area contributed by atoms with E-state index in [1.165, 1.54) is 0 Å². The third-order valence-corrected chi connectivity index (χ3v) is 2.67. The first kappa shape index (κ1) is 12.1. The zero-order valence-corrected chi connectivity index (χ0v) is 9.67. The van der Waals surface area contributed by atoms with Crippen LogP contribution >= 0.6 is 11.6 Å². The summed E-state index contributed by atoms with van der Waals surface area (Å²) in [4.78, 5) is 2.11. The van der Waals surface area contributed by atoms with Gasteiger partial charge < -0.3 is 15.7 Å². The Morgan fingerprint density at radius 3 is 2.80 bits per heavy atom. The molecular weight excluding hydrogens is 212 g/mol. The van der Waals surface area contributed by atoms with E-state index >= 15 is 0 Å². The largest absolute Gasteiger partial charge is 0.396 e. The van der Waals surface area contributed by atoms with E-state index in [0.29, 0.717) is 10.7 Å². The molecule has 0 bridgehead atoms. The predicted octanol–water partition coefficient (Wildman–Crippen LogP) is 2.13. The number of nitrogen functional groups attached to an aromatic ring is 1. The van der Waals surface area contributed by atoms with Gasteiger partial charge in [0.15, 0.2) is 0 Å². The van der Waals surface area contributed by atoms with Gasteiger partial charge in [-0.15, -0.1) is 0 Å². The smallest absolute Gasteiger partial charge is 0.0741 e. The molecule has 0 heterocycles. The molecule has 3 nitrogen and oxygen atoms in total. The number of nitrogens with zero attached hydrogens (tertiary/aromatic N) is 1. The highest BCUT2D eigenvalue weighted by atomic mass is 35.5. The van der Waals surface area contributed by atoms with Gasteiger partial charge in [0, 0.05) is 19.7 Å². The molecular formula is C11H17ClN2O. The van der Waals surface area contributed by atoms with Gasteiger partial charge in [0.05, 0.1) is 16.4 Å². The van der Waals surface area contributed by atoms with Gasteiger partial charge in [-0.2, -0.15) is 0 Å². The van der Waals surface area contributed by atoms with Crippen molar-refractivity contribution < 1.29 is 5.11 Å². The van der Waals surface area contributed by atoms with Crippen LogP contribution in [0.2, 0.25) is 5.02 Å². The molecule has 0 atom stereocenters. The Bertz CT molecular complexity index is 317. The van der Waals surface area contributed by atoms with Gasteiger partial charge in [0.1, 0.15) is 0 Å². The second-order valence-corrected chi connectivity index (χ2v) is 3.74. The average molecular weight is 229 g/mol. The van der Waals surface area contributed by atoms with Crippen LogP contribution in [0.3, 0.4) is 0 Å². The minimum Gasteiger partial charge on any atom is -0.396 e. The standard InChI is InChI=1S/C11H17ClN2O/c1-2-14(7-4-8-15)10-6-3-5-9(12)11(10)13/h3,5-6,15H,2,4,7-8,13H2,1H3. The van der Waals surface area contributed by atoms with Gasteiger partial charge in [0.25, 0.3) is 0 Å². The van der Waals surface area contributed by atoms with E-state index < -0.39 is 0 Å². The van der Waals surface area contributed by atoms with E-state index in [2.05, 4.69) is 11.8 Å². The summed E-state index contributed by atoms with van der Waals surface area (Å²) in [6.45, 7) is 3.89. The molecule has 0 aromatic heterocycles. The molecule has 0 radical (unpaired) electrons. The van der Waals surface area contributed by atoms with Gasteiger partial charge in [-0.25, -0.2) is 0 Å². The van der Waals surface area contributed by atoms with E-state index in [1.807, 2.05) is 12.1 Å². The third-order valence-electron chi connectivity index (χ3n) is 2.34. The van der Waals surface area contributed by atoms with Crippen LogP contribution in [0.1, 0.15) is 13.3 Å². The van der Waals surface area contributed by atoms with Crippen LogP contribution in [0.4, 0.5) is 11.4 Å². The van der Waals surface area contributed by atoms with Crippen molar-refractivity contribution in [3.05, 3.63) is 23.2 Å². The normalized spacial score (nSPS) is 10.3. The van der Waals surface area contributed by atoms with Crippen LogP contribution in [0.15, 0.2) is 18.2 Å². The maximum Gasteiger partial charge on any atom is 0.0741 e. The molecule has 4 heteroatoms. The van der Waals surface area contributed by atoms with Crippen LogP contribution in [0, 0.1) is 0 Å². The van der Waals surface area contributed by atoms with E-state index in [-0.39, 0.29) is 6.61 Å². The number of hydrogen-bond donors (Lipinski definition) is 2. The Kier molecular flexibility index (Phi) is 4.72. The van der Waals surface area contributed by atoms with Crippen LogP contribution < -0.4 is 10.6 Å². The zero-order chi connectivity index (χ0) is 11.3. The summed E-state index contributed by atoms with van der Waals surface area (Å²) in [6.07, 6.45) is 0.736. The minimum atomic E-state index is 0.191. The van der Waals surface area contributed by atoms with Gasteiger partial charge >= 0.3 is 0 Å². The highest BCUT2D eigenvalue weighted by molar-refractivity contribution is 6.33. The highest BCUT2D eigenvalue weighted by Gasteiger charge is 2.09. The number of rotatable bonds is 5. The molecule has 0 spiro atoms. The summed E-state index contributed by atoms with van der Waals surface area (Å²) >= 11 is 5.95. The molecule has 0 saturated carbocycles. The molecule has 0 amide bonds. The number of aliphatic hydroxyl groups excluding tert-OH is 1. The number of halogens is 1. The van der Waals surface area contributed by atoms with Gasteiger partial charge in [0.2, 0.25) is 0 Å². The molecule has 0 saturated heterocycles. The van der Waals surface area contributed by atoms with Crippen molar-refractivity contribution in [2.45, 2.75) is 13.3 Å². The Morgan fingerprint density at radius 1 is 1.47 bits per heavy atom. The number of hydrogen-bond acceptors (Lipinski definition) is 3. The van der Waals surface area contributed by atoms with Crippen molar-refractivity contribution >= 4 is 23.0 Å². The Morgan fingerprint density at radius 2 is 2.20 bits per heavy atom. The first-order chi connectivity index (χ1) is 7.20. The Hall–Kier alpha value is -0.930. The summed E-state index contributed by atoms with van der Waals surface area (Å²) in [5, 5.41) is 9.38. The third kappa shape index (κ3) is 3.01. The SMILES string of the molecule is CCN(CCCO)c1cccc(Cl)c1N. The molecule has 1 aromatic rings. The molecule has 3 N–H and O–H groups in total. The van der Waals surface area contributed by atoms with E-state index in [0.717, 1.165) is 25.2 Å². The lowest BCUT2D eigenvalue weighted by atomic mass is 10.2. The van der Waals surface area contributed by atoms with Crippen molar-refractivity contribution in [2.24, 2.45) is 0 Å². The fraction of sp³-hybridized carbons (Fsp3) is 0.455. The Balaban J connectivity index is 2.86. The predicted molar refractivity (Wildman–Crippen MR) is 65.5 cm³/mol. The lowest BCUT2D eigenvalue weighted by molar-refractivity contribution is 0.289. The van der Waals surface area contributed by atoms with E-state index in [1.54, 1.807) is 6.07 Å². The van der Waals surface area contributed by atoms with Gasteiger partial charge in [-0.3, -0.25) is 0 Å². The van der Waals surface area contributed by atoms with Crippen molar-refractivity contribution in [2.75, 3.05) is 30.3 Å². The monoisotopic (exact) mass is 228 g/mol. The fourth-order valence-corrected chi connectivity index (χ4v) is 1.68. The lowest BCUT2D eigenvalue weighted by Crippen LogP contribution is -2.25. The lowest BCUT2D eigenvalue weighted by Gasteiger charge is -2.24. The van der Waals surface area contributed by atoms with Gasteiger partial charge in [-0.05, 0) is 25.5 Å². The summed E-state index contributed by atoms with van der Waals surface area (Å²) in [7, 11) is 0. The zero-order valence-electron chi connectivity index (χ0n) is 8.91. The minimum absolute atomic E-state index is 0.191. The number of benzene rings is 1. The van der Waals surface area contributed by atoms with Gasteiger partial charge in [-0.1, -0.05) is 17.7 Å². The molecule has 0 aliphatic rings. The first-order valence-corrected chi connectivity index (χ1v) is 5.48. The highest BCUT2D eigenvalue weighted by Crippen LogP contribution is 2.29. The van der Waals surface area contributed by atoms with Crippen molar-refractivity contribution in [3.63, 3.8) is 0 Å². The molecule has 15 heavy (non-hydrogen) atoms.